The maximum atomic E-state index is 13.2. The van der Waals surface area contributed by atoms with E-state index in [-0.39, 0.29) is 48.5 Å². The van der Waals surface area contributed by atoms with Crippen molar-refractivity contribution in [2.45, 2.75) is 37.5 Å². The van der Waals surface area contributed by atoms with Crippen LogP contribution in [0, 0.1) is 5.82 Å². The minimum Gasteiger partial charge on any atom is -0.354 e. The first-order valence-electron chi connectivity index (χ1n) is 8.05. The molecule has 0 spiro atoms. The summed E-state index contributed by atoms with van der Waals surface area (Å²) >= 11 is 0. The van der Waals surface area contributed by atoms with Gasteiger partial charge in [-0.1, -0.05) is 31.4 Å². The number of nitrogens with two attached hydrogens (primary N) is 1. The first-order chi connectivity index (χ1) is 11.1. The van der Waals surface area contributed by atoms with E-state index in [1.165, 1.54) is 18.6 Å². The first kappa shape index (κ1) is 20.4. The van der Waals surface area contributed by atoms with Crippen LogP contribution in [0.3, 0.4) is 0 Å². The van der Waals surface area contributed by atoms with Gasteiger partial charge in [-0.3, -0.25) is 9.59 Å². The fourth-order valence-corrected chi connectivity index (χ4v) is 3.18. The second-order valence-electron chi connectivity index (χ2n) is 6.11. The molecule has 2 rings (SSSR count). The molecule has 0 heterocycles. The van der Waals surface area contributed by atoms with Crippen molar-refractivity contribution in [3.63, 3.8) is 0 Å². The van der Waals surface area contributed by atoms with Gasteiger partial charge in [0.1, 0.15) is 5.82 Å². The largest absolute Gasteiger partial charge is 0.354 e. The number of benzene rings is 1. The van der Waals surface area contributed by atoms with Crippen molar-refractivity contribution in [2.75, 3.05) is 19.6 Å². The molecule has 24 heavy (non-hydrogen) atoms. The van der Waals surface area contributed by atoms with E-state index in [2.05, 4.69) is 10.6 Å². The topological polar surface area (TPSA) is 84.2 Å². The van der Waals surface area contributed by atoms with E-state index < -0.39 is 0 Å². The molecule has 0 aliphatic heterocycles. The Bertz CT molecular complexity index is 545. The van der Waals surface area contributed by atoms with Crippen LogP contribution in [0.25, 0.3) is 0 Å². The summed E-state index contributed by atoms with van der Waals surface area (Å²) in [5, 5.41) is 5.35. The molecule has 7 heteroatoms. The fourth-order valence-electron chi connectivity index (χ4n) is 3.18. The summed E-state index contributed by atoms with van der Waals surface area (Å²) in [4.78, 5) is 23.0. The molecule has 4 N–H and O–H groups in total. The maximum Gasteiger partial charge on any atom is 0.239 e. The number of nitrogens with one attached hydrogen (secondary N) is 2. The molecular formula is C17H25ClFN3O2. The number of halogens is 2. The molecule has 0 saturated heterocycles. The van der Waals surface area contributed by atoms with Crippen LogP contribution in [0.15, 0.2) is 24.3 Å². The van der Waals surface area contributed by atoms with Crippen molar-refractivity contribution in [1.29, 1.82) is 0 Å². The number of carbonyl (C=O) groups excluding carboxylic acids is 2. The van der Waals surface area contributed by atoms with E-state index in [1.54, 1.807) is 0 Å². The van der Waals surface area contributed by atoms with Gasteiger partial charge < -0.3 is 16.4 Å². The fraction of sp³-hybridized carbons (Fsp3) is 0.529. The van der Waals surface area contributed by atoms with E-state index in [0.717, 1.165) is 31.2 Å². The SMILES string of the molecule is Cl.NCC(=O)NCC(=O)NCC1(c2ccc(F)cc2)CCCCC1. The molecule has 0 aromatic heterocycles. The van der Waals surface area contributed by atoms with Crippen LogP contribution in [0.5, 0.6) is 0 Å². The lowest BCUT2D eigenvalue weighted by Crippen LogP contribution is -2.46. The smallest absolute Gasteiger partial charge is 0.239 e. The molecule has 5 nitrogen and oxygen atoms in total. The Kier molecular flexibility index (Phi) is 8.15. The Morgan fingerprint density at radius 2 is 1.67 bits per heavy atom. The van der Waals surface area contributed by atoms with Gasteiger partial charge in [-0.15, -0.1) is 12.4 Å². The molecule has 134 valence electrons. The van der Waals surface area contributed by atoms with Gasteiger partial charge in [-0.25, -0.2) is 4.39 Å². The number of carbonyl (C=O) groups is 2. The van der Waals surface area contributed by atoms with Crippen LogP contribution >= 0.6 is 12.4 Å². The van der Waals surface area contributed by atoms with E-state index in [4.69, 9.17) is 5.73 Å². The van der Waals surface area contributed by atoms with E-state index in [0.29, 0.717) is 6.54 Å². The van der Waals surface area contributed by atoms with Gasteiger partial charge in [0, 0.05) is 12.0 Å². The average Bonchev–Trinajstić information content (AvgIpc) is 2.59. The molecule has 0 radical (unpaired) electrons. The first-order valence-corrected chi connectivity index (χ1v) is 8.05. The Hall–Kier alpha value is -1.66. The third kappa shape index (κ3) is 5.46. The molecule has 1 aliphatic carbocycles. The molecule has 2 amide bonds. The van der Waals surface area contributed by atoms with Gasteiger partial charge in [-0.2, -0.15) is 0 Å². The molecule has 1 aromatic carbocycles. The molecule has 0 unspecified atom stereocenters. The summed E-state index contributed by atoms with van der Waals surface area (Å²) in [5.41, 5.74) is 6.09. The summed E-state index contributed by atoms with van der Waals surface area (Å²) in [7, 11) is 0. The summed E-state index contributed by atoms with van der Waals surface area (Å²) in [5.74, 6) is -0.849. The number of amides is 2. The van der Waals surface area contributed by atoms with Crippen molar-refractivity contribution < 1.29 is 14.0 Å². The molecule has 1 aromatic rings. The second-order valence-corrected chi connectivity index (χ2v) is 6.11. The quantitative estimate of drug-likeness (QED) is 0.723. The van der Waals surface area contributed by atoms with Gasteiger partial charge in [0.2, 0.25) is 11.8 Å². The van der Waals surface area contributed by atoms with E-state index >= 15 is 0 Å². The standard InChI is InChI=1S/C17H24FN3O2.ClH/c18-14-6-4-13(5-7-14)17(8-2-1-3-9-17)12-21-16(23)11-20-15(22)10-19;/h4-7H,1-3,8-12,19H2,(H,20,22)(H,21,23);1H. The Morgan fingerprint density at radius 1 is 1.04 bits per heavy atom. The Morgan fingerprint density at radius 3 is 2.25 bits per heavy atom. The predicted molar refractivity (Wildman–Crippen MR) is 93.5 cm³/mol. The minimum absolute atomic E-state index is 0. The summed E-state index contributed by atoms with van der Waals surface area (Å²) in [6.07, 6.45) is 5.31. The number of hydrogen-bond donors (Lipinski definition) is 3. The van der Waals surface area contributed by atoms with Crippen LogP contribution in [0.4, 0.5) is 4.39 Å². The summed E-state index contributed by atoms with van der Waals surface area (Å²) in [6.45, 7) is 0.290. The van der Waals surface area contributed by atoms with Crippen molar-refractivity contribution in [3.8, 4) is 0 Å². The normalized spacial score (nSPS) is 15.9. The van der Waals surface area contributed by atoms with Crippen LogP contribution < -0.4 is 16.4 Å². The van der Waals surface area contributed by atoms with Gasteiger partial charge in [-0.05, 0) is 30.5 Å². The number of rotatable bonds is 6. The van der Waals surface area contributed by atoms with E-state index in [1.807, 2.05) is 12.1 Å². The van der Waals surface area contributed by atoms with Gasteiger partial charge in [0.15, 0.2) is 0 Å². The Balaban J connectivity index is 0.00000288. The van der Waals surface area contributed by atoms with Crippen LogP contribution in [0.1, 0.15) is 37.7 Å². The van der Waals surface area contributed by atoms with Crippen molar-refractivity contribution in [2.24, 2.45) is 5.73 Å². The highest BCUT2D eigenvalue weighted by Crippen LogP contribution is 2.39. The predicted octanol–water partition coefficient (Wildman–Crippen LogP) is 1.64. The van der Waals surface area contributed by atoms with Gasteiger partial charge in [0.25, 0.3) is 0 Å². The lowest BCUT2D eigenvalue weighted by Gasteiger charge is -2.38. The lowest BCUT2D eigenvalue weighted by atomic mass is 9.69. The molecule has 0 atom stereocenters. The van der Waals surface area contributed by atoms with E-state index in [9.17, 15) is 14.0 Å². The Labute approximate surface area is 148 Å². The number of hydrogen-bond acceptors (Lipinski definition) is 3. The zero-order valence-corrected chi connectivity index (χ0v) is 14.5. The third-order valence-electron chi connectivity index (χ3n) is 4.52. The molecule has 1 saturated carbocycles. The zero-order valence-electron chi connectivity index (χ0n) is 13.6. The third-order valence-corrected chi connectivity index (χ3v) is 4.52. The average molecular weight is 358 g/mol. The van der Waals surface area contributed by atoms with Crippen molar-refractivity contribution >= 4 is 24.2 Å². The van der Waals surface area contributed by atoms with Crippen molar-refractivity contribution in [3.05, 3.63) is 35.6 Å². The summed E-state index contributed by atoms with van der Waals surface area (Å²) in [6, 6.07) is 6.55. The second kappa shape index (κ2) is 9.59. The summed E-state index contributed by atoms with van der Waals surface area (Å²) < 4.78 is 13.2. The van der Waals surface area contributed by atoms with Crippen LogP contribution in [-0.4, -0.2) is 31.4 Å². The van der Waals surface area contributed by atoms with Gasteiger partial charge >= 0.3 is 0 Å². The molecule has 0 bridgehead atoms. The van der Waals surface area contributed by atoms with Crippen molar-refractivity contribution in [1.82, 2.24) is 10.6 Å². The lowest BCUT2D eigenvalue weighted by molar-refractivity contribution is -0.125. The highest BCUT2D eigenvalue weighted by Gasteiger charge is 2.34. The molecular weight excluding hydrogens is 333 g/mol. The monoisotopic (exact) mass is 357 g/mol. The highest BCUT2D eigenvalue weighted by molar-refractivity contribution is 5.85. The molecule has 1 fully saturated rings. The highest BCUT2D eigenvalue weighted by atomic mass is 35.5. The van der Waals surface area contributed by atoms with Crippen LogP contribution in [-0.2, 0) is 15.0 Å². The molecule has 1 aliphatic rings. The maximum absolute atomic E-state index is 13.2. The van der Waals surface area contributed by atoms with Crippen LogP contribution in [0.2, 0.25) is 0 Å². The zero-order chi connectivity index (χ0) is 16.7. The van der Waals surface area contributed by atoms with Gasteiger partial charge in [0.05, 0.1) is 13.1 Å². The minimum atomic E-state index is -0.355.